The van der Waals surface area contributed by atoms with E-state index in [4.69, 9.17) is 0 Å². The predicted molar refractivity (Wildman–Crippen MR) is 94.0 cm³/mol. The van der Waals surface area contributed by atoms with Crippen LogP contribution in [0.2, 0.25) is 0 Å². The van der Waals surface area contributed by atoms with Gasteiger partial charge in [-0.1, -0.05) is 37.3 Å². The van der Waals surface area contributed by atoms with Gasteiger partial charge in [-0.3, -0.25) is 0 Å². The second kappa shape index (κ2) is 6.54. The lowest BCUT2D eigenvalue weighted by molar-refractivity contribution is 0.00964. The normalized spacial score (nSPS) is 26.4. The maximum absolute atomic E-state index is 10.3. The van der Waals surface area contributed by atoms with Gasteiger partial charge in [0, 0.05) is 0 Å². The summed E-state index contributed by atoms with van der Waals surface area (Å²) in [5, 5.41) is 20.4. The third kappa shape index (κ3) is 2.92. The molecule has 4 rings (SSSR count). The van der Waals surface area contributed by atoms with Crippen LogP contribution in [0, 0.1) is 5.92 Å². The lowest BCUT2D eigenvalue weighted by Gasteiger charge is -2.18. The molecule has 25 heavy (non-hydrogen) atoms. The molecule has 130 valence electrons. The van der Waals surface area contributed by atoms with E-state index in [1.807, 2.05) is 29.7 Å². The number of aliphatic hydroxyl groups excluding tert-OH is 2. The highest BCUT2D eigenvalue weighted by molar-refractivity contribution is 5.73. The molecule has 0 radical (unpaired) electrons. The number of aliphatic hydroxyl groups is 2. The number of hydrogen-bond donors (Lipinski definition) is 2. The number of aryl methyl sites for hydroxylation is 2. The summed E-state index contributed by atoms with van der Waals surface area (Å²) in [6, 6.07) is 10.1. The van der Waals surface area contributed by atoms with Crippen LogP contribution in [0.15, 0.2) is 43.0 Å². The molecule has 0 spiro atoms. The summed E-state index contributed by atoms with van der Waals surface area (Å²) in [5.41, 5.74) is 3.67. The van der Waals surface area contributed by atoms with Gasteiger partial charge < -0.3 is 14.8 Å². The van der Waals surface area contributed by atoms with Crippen LogP contribution < -0.4 is 0 Å². The van der Waals surface area contributed by atoms with Crippen molar-refractivity contribution in [1.29, 1.82) is 0 Å². The van der Waals surface area contributed by atoms with Crippen LogP contribution in [0.1, 0.15) is 30.6 Å². The van der Waals surface area contributed by atoms with E-state index >= 15 is 0 Å². The Hall–Kier alpha value is -2.31. The molecule has 4 atom stereocenters. The molecule has 6 nitrogen and oxygen atoms in total. The Morgan fingerprint density at radius 1 is 1.04 bits per heavy atom. The van der Waals surface area contributed by atoms with Crippen LogP contribution in [0.4, 0.5) is 0 Å². The van der Waals surface area contributed by atoms with Gasteiger partial charge in [-0.15, -0.1) is 0 Å². The third-order valence-corrected chi connectivity index (χ3v) is 5.23. The molecule has 6 heteroatoms. The van der Waals surface area contributed by atoms with Crippen molar-refractivity contribution in [2.75, 3.05) is 0 Å². The molecule has 2 aromatic heterocycles. The zero-order valence-electron chi connectivity index (χ0n) is 14.2. The molecule has 0 aliphatic heterocycles. The average Bonchev–Trinajstić information content (AvgIpc) is 3.18. The number of imidazole rings is 1. The number of hydrogen-bond acceptors (Lipinski definition) is 5. The van der Waals surface area contributed by atoms with Crippen molar-refractivity contribution in [3.8, 4) is 0 Å². The van der Waals surface area contributed by atoms with Gasteiger partial charge in [0.25, 0.3) is 0 Å². The van der Waals surface area contributed by atoms with Crippen molar-refractivity contribution in [2.24, 2.45) is 5.92 Å². The molecule has 0 bridgehead atoms. The lowest BCUT2D eigenvalue weighted by atomic mass is 10.1. The third-order valence-electron chi connectivity index (χ3n) is 5.23. The van der Waals surface area contributed by atoms with Crippen molar-refractivity contribution in [1.82, 2.24) is 19.5 Å². The number of nitrogens with zero attached hydrogens (tertiary/aromatic N) is 4. The second-order valence-corrected chi connectivity index (χ2v) is 6.89. The predicted octanol–water partition coefficient (Wildman–Crippen LogP) is 1.91. The Bertz CT molecular complexity index is 864. The van der Waals surface area contributed by atoms with Crippen molar-refractivity contribution >= 4 is 11.2 Å². The van der Waals surface area contributed by atoms with Gasteiger partial charge in [0.05, 0.1) is 24.2 Å². The Morgan fingerprint density at radius 3 is 2.56 bits per heavy atom. The Labute approximate surface area is 146 Å². The van der Waals surface area contributed by atoms with Gasteiger partial charge in [0.15, 0.2) is 5.65 Å². The zero-order chi connectivity index (χ0) is 17.4. The van der Waals surface area contributed by atoms with E-state index in [0.29, 0.717) is 6.42 Å². The Kier molecular flexibility index (Phi) is 4.23. The van der Waals surface area contributed by atoms with E-state index < -0.39 is 12.2 Å². The zero-order valence-corrected chi connectivity index (χ0v) is 14.2. The van der Waals surface area contributed by atoms with Gasteiger partial charge in [-0.2, -0.15) is 0 Å². The lowest BCUT2D eigenvalue weighted by Crippen LogP contribution is -2.28. The van der Waals surface area contributed by atoms with Gasteiger partial charge in [0.1, 0.15) is 17.9 Å². The summed E-state index contributed by atoms with van der Waals surface area (Å²) in [6.45, 7) is 1.95. The van der Waals surface area contributed by atoms with E-state index in [2.05, 4.69) is 27.1 Å². The molecule has 0 saturated heterocycles. The first kappa shape index (κ1) is 16.2. The maximum atomic E-state index is 10.3. The fourth-order valence-electron chi connectivity index (χ4n) is 3.74. The van der Waals surface area contributed by atoms with Gasteiger partial charge in [0.2, 0.25) is 0 Å². The van der Waals surface area contributed by atoms with E-state index in [0.717, 1.165) is 29.7 Å². The summed E-state index contributed by atoms with van der Waals surface area (Å²) < 4.78 is 1.89. The van der Waals surface area contributed by atoms with Crippen LogP contribution in [0.3, 0.4) is 0 Å². The number of benzene rings is 1. The average molecular weight is 338 g/mol. The monoisotopic (exact) mass is 338 g/mol. The highest BCUT2D eigenvalue weighted by Crippen LogP contribution is 2.36. The van der Waals surface area contributed by atoms with Crippen molar-refractivity contribution in [3.63, 3.8) is 0 Å². The van der Waals surface area contributed by atoms with Gasteiger partial charge in [-0.05, 0) is 30.7 Å². The van der Waals surface area contributed by atoms with E-state index in [9.17, 15) is 10.2 Å². The summed E-state index contributed by atoms with van der Waals surface area (Å²) in [6.07, 6.45) is 4.15. The summed E-state index contributed by atoms with van der Waals surface area (Å²) in [7, 11) is 0. The molecule has 0 amide bonds. The largest absolute Gasteiger partial charge is 0.390 e. The van der Waals surface area contributed by atoms with Crippen LogP contribution in [-0.2, 0) is 12.8 Å². The quantitative estimate of drug-likeness (QED) is 0.759. The van der Waals surface area contributed by atoms with E-state index in [1.165, 1.54) is 5.56 Å². The minimum Gasteiger partial charge on any atom is -0.390 e. The minimum absolute atomic E-state index is 0.0526. The van der Waals surface area contributed by atoms with Crippen LogP contribution >= 0.6 is 0 Å². The molecule has 1 fully saturated rings. The first-order chi connectivity index (χ1) is 12.1. The Balaban J connectivity index is 1.62. The van der Waals surface area contributed by atoms with E-state index in [-0.39, 0.29) is 12.0 Å². The fraction of sp³-hybridized carbons (Fsp3) is 0.421. The first-order valence-electron chi connectivity index (χ1n) is 8.71. The molecule has 3 aromatic rings. The number of fused-ring (bicyclic) bond motifs is 1. The fourth-order valence-corrected chi connectivity index (χ4v) is 3.74. The maximum Gasteiger partial charge on any atom is 0.163 e. The van der Waals surface area contributed by atoms with Gasteiger partial charge >= 0.3 is 0 Å². The van der Waals surface area contributed by atoms with Crippen LogP contribution in [0.25, 0.3) is 11.2 Å². The van der Waals surface area contributed by atoms with Crippen molar-refractivity contribution < 1.29 is 10.2 Å². The highest BCUT2D eigenvalue weighted by Gasteiger charge is 2.40. The SMILES string of the molecule is C[C@@H]1C[C@@H](n2cnc3c(CCc4ccccc4)ncnc32)[C@H](O)[C@@H]1O. The molecule has 1 saturated carbocycles. The molecule has 1 aliphatic rings. The van der Waals surface area contributed by atoms with Crippen LogP contribution in [0.5, 0.6) is 0 Å². The standard InChI is InChI=1S/C19H22N4O2/c1-12-9-15(18(25)17(12)24)23-11-22-16-14(20-10-21-19(16)23)8-7-13-5-3-2-4-6-13/h2-6,10-12,15,17-18,24-25H,7-9H2,1H3/t12-,15-,17-,18+/m1/s1. The summed E-state index contributed by atoms with van der Waals surface area (Å²) in [4.78, 5) is 13.3. The molecule has 2 heterocycles. The molecule has 0 unspecified atom stereocenters. The smallest absolute Gasteiger partial charge is 0.163 e. The molecular formula is C19H22N4O2. The van der Waals surface area contributed by atoms with E-state index in [1.54, 1.807) is 12.7 Å². The first-order valence-corrected chi connectivity index (χ1v) is 8.71. The van der Waals surface area contributed by atoms with Crippen molar-refractivity contribution in [2.45, 2.75) is 44.4 Å². The second-order valence-electron chi connectivity index (χ2n) is 6.89. The Morgan fingerprint density at radius 2 is 1.84 bits per heavy atom. The molecular weight excluding hydrogens is 316 g/mol. The number of aromatic nitrogens is 4. The minimum atomic E-state index is -0.796. The topological polar surface area (TPSA) is 84.1 Å². The van der Waals surface area contributed by atoms with Crippen LogP contribution in [-0.4, -0.2) is 41.9 Å². The van der Waals surface area contributed by atoms with Gasteiger partial charge in [-0.25, -0.2) is 15.0 Å². The molecule has 1 aromatic carbocycles. The van der Waals surface area contributed by atoms with Crippen molar-refractivity contribution in [3.05, 3.63) is 54.2 Å². The summed E-state index contributed by atoms with van der Waals surface area (Å²) >= 11 is 0. The molecule has 1 aliphatic carbocycles. The highest BCUT2D eigenvalue weighted by atomic mass is 16.3. The number of rotatable bonds is 4. The molecule has 2 N–H and O–H groups in total. The summed E-state index contributed by atoms with van der Waals surface area (Å²) in [5.74, 6) is 0.0526.